The molecule has 0 bridgehead atoms. The fraction of sp³-hybridized carbons (Fsp3) is 0.188. The zero-order valence-electron chi connectivity index (χ0n) is 11.2. The minimum absolute atomic E-state index is 0.476. The molecule has 3 nitrogen and oxygen atoms in total. The number of fused-ring (bicyclic) bond motifs is 1. The Hall–Kier alpha value is -1.81. The van der Waals surface area contributed by atoms with Crippen molar-refractivity contribution in [1.29, 1.82) is 0 Å². The maximum atomic E-state index is 5.83. The highest BCUT2D eigenvalue weighted by Gasteiger charge is 2.09. The van der Waals surface area contributed by atoms with Crippen LogP contribution in [-0.4, -0.2) is 9.78 Å². The van der Waals surface area contributed by atoms with Crippen molar-refractivity contribution in [3.05, 3.63) is 58.7 Å². The molecule has 1 heterocycles. The highest BCUT2D eigenvalue weighted by molar-refractivity contribution is 9.10. The largest absolute Gasteiger partial charge is 0.487 e. The van der Waals surface area contributed by atoms with Crippen LogP contribution in [0.3, 0.4) is 0 Å². The number of ether oxygens (including phenoxy) is 1. The minimum atomic E-state index is 0.476. The molecule has 0 atom stereocenters. The van der Waals surface area contributed by atoms with Gasteiger partial charge < -0.3 is 4.74 Å². The Kier molecular flexibility index (Phi) is 3.74. The maximum Gasteiger partial charge on any atom is 0.133 e. The number of para-hydroxylation sites is 1. The Morgan fingerprint density at radius 2 is 2.00 bits per heavy atom. The Morgan fingerprint density at radius 1 is 1.15 bits per heavy atom. The van der Waals surface area contributed by atoms with Crippen LogP contribution >= 0.6 is 15.9 Å². The second-order valence-electron chi connectivity index (χ2n) is 4.53. The first-order valence-electron chi connectivity index (χ1n) is 6.60. The van der Waals surface area contributed by atoms with Gasteiger partial charge in [-0.3, -0.25) is 4.68 Å². The summed E-state index contributed by atoms with van der Waals surface area (Å²) >= 11 is 3.44. The predicted octanol–water partition coefficient (Wildman–Crippen LogP) is 4.40. The first-order chi connectivity index (χ1) is 9.78. The summed E-state index contributed by atoms with van der Waals surface area (Å²) in [5.74, 6) is 0.842. The minimum Gasteiger partial charge on any atom is -0.487 e. The molecule has 4 heteroatoms. The summed E-state index contributed by atoms with van der Waals surface area (Å²) in [6.07, 6.45) is 0. The molecule has 20 heavy (non-hydrogen) atoms. The Labute approximate surface area is 126 Å². The SMILES string of the molecule is CCn1nc(COc2cccc(Br)c2)c2ccccc21. The van der Waals surface area contributed by atoms with Crippen molar-refractivity contribution in [3.63, 3.8) is 0 Å². The van der Waals surface area contributed by atoms with Crippen molar-refractivity contribution in [1.82, 2.24) is 9.78 Å². The first-order valence-corrected chi connectivity index (χ1v) is 7.40. The molecule has 2 aromatic carbocycles. The molecule has 0 amide bonds. The first kappa shape index (κ1) is 13.2. The van der Waals surface area contributed by atoms with Crippen LogP contribution in [0.5, 0.6) is 5.75 Å². The fourth-order valence-corrected chi connectivity index (χ4v) is 2.63. The van der Waals surface area contributed by atoms with Crippen LogP contribution in [0.15, 0.2) is 53.0 Å². The lowest BCUT2D eigenvalue weighted by Crippen LogP contribution is -2.00. The van der Waals surface area contributed by atoms with Crippen LogP contribution in [0.25, 0.3) is 10.9 Å². The lowest BCUT2D eigenvalue weighted by Gasteiger charge is -2.04. The van der Waals surface area contributed by atoms with Crippen molar-refractivity contribution in [2.45, 2.75) is 20.1 Å². The van der Waals surface area contributed by atoms with E-state index in [1.807, 2.05) is 41.1 Å². The van der Waals surface area contributed by atoms with Gasteiger partial charge in [0.25, 0.3) is 0 Å². The topological polar surface area (TPSA) is 27.1 Å². The van der Waals surface area contributed by atoms with Gasteiger partial charge in [-0.15, -0.1) is 0 Å². The molecule has 3 aromatic rings. The number of nitrogens with zero attached hydrogens (tertiary/aromatic N) is 2. The van der Waals surface area contributed by atoms with Gasteiger partial charge in [0.05, 0.1) is 5.52 Å². The fourth-order valence-electron chi connectivity index (χ4n) is 2.25. The zero-order valence-corrected chi connectivity index (χ0v) is 12.8. The number of hydrogen-bond donors (Lipinski definition) is 0. The molecular weight excluding hydrogens is 316 g/mol. The van der Waals surface area contributed by atoms with E-state index in [1.54, 1.807) is 0 Å². The van der Waals surface area contributed by atoms with Crippen LogP contribution in [0.2, 0.25) is 0 Å². The van der Waals surface area contributed by atoms with E-state index in [1.165, 1.54) is 0 Å². The molecule has 0 fully saturated rings. The molecule has 0 N–H and O–H groups in total. The maximum absolute atomic E-state index is 5.83. The molecule has 102 valence electrons. The van der Waals surface area contributed by atoms with Gasteiger partial charge in [0.2, 0.25) is 0 Å². The van der Waals surface area contributed by atoms with Crippen LogP contribution in [0.4, 0.5) is 0 Å². The highest BCUT2D eigenvalue weighted by atomic mass is 79.9. The summed E-state index contributed by atoms with van der Waals surface area (Å²) in [7, 11) is 0. The van der Waals surface area contributed by atoms with E-state index in [-0.39, 0.29) is 0 Å². The monoisotopic (exact) mass is 330 g/mol. The zero-order chi connectivity index (χ0) is 13.9. The van der Waals surface area contributed by atoms with Gasteiger partial charge in [0.15, 0.2) is 0 Å². The van der Waals surface area contributed by atoms with Gasteiger partial charge in [-0.2, -0.15) is 5.10 Å². The second kappa shape index (κ2) is 5.67. The van der Waals surface area contributed by atoms with E-state index in [0.717, 1.165) is 33.4 Å². The number of rotatable bonds is 4. The summed E-state index contributed by atoms with van der Waals surface area (Å²) in [4.78, 5) is 0. The molecule has 0 aliphatic rings. The normalized spacial score (nSPS) is 10.9. The van der Waals surface area contributed by atoms with Gasteiger partial charge in [0, 0.05) is 16.4 Å². The number of aryl methyl sites for hydroxylation is 1. The molecule has 0 aliphatic carbocycles. The lowest BCUT2D eigenvalue weighted by atomic mass is 10.2. The third kappa shape index (κ3) is 2.56. The average Bonchev–Trinajstić information content (AvgIpc) is 2.83. The predicted molar refractivity (Wildman–Crippen MR) is 83.9 cm³/mol. The Morgan fingerprint density at radius 3 is 2.80 bits per heavy atom. The molecule has 0 saturated heterocycles. The van der Waals surface area contributed by atoms with Gasteiger partial charge in [-0.25, -0.2) is 0 Å². The summed E-state index contributed by atoms with van der Waals surface area (Å²) in [6.45, 7) is 3.43. The summed E-state index contributed by atoms with van der Waals surface area (Å²) in [5, 5.41) is 5.78. The van der Waals surface area contributed by atoms with Crippen LogP contribution in [-0.2, 0) is 13.2 Å². The summed E-state index contributed by atoms with van der Waals surface area (Å²) < 4.78 is 8.85. The van der Waals surface area contributed by atoms with Crippen LogP contribution < -0.4 is 4.74 Å². The molecule has 1 aromatic heterocycles. The quantitative estimate of drug-likeness (QED) is 0.709. The van der Waals surface area contributed by atoms with Crippen molar-refractivity contribution in [2.24, 2.45) is 0 Å². The number of aromatic nitrogens is 2. The van der Waals surface area contributed by atoms with E-state index in [2.05, 4.69) is 40.1 Å². The van der Waals surface area contributed by atoms with Crippen molar-refractivity contribution in [2.75, 3.05) is 0 Å². The molecule has 0 spiro atoms. The van der Waals surface area contributed by atoms with Crippen LogP contribution in [0, 0.1) is 0 Å². The number of benzene rings is 2. The van der Waals surface area contributed by atoms with E-state index >= 15 is 0 Å². The van der Waals surface area contributed by atoms with Gasteiger partial charge >= 0.3 is 0 Å². The lowest BCUT2D eigenvalue weighted by molar-refractivity contribution is 0.301. The third-order valence-corrected chi connectivity index (χ3v) is 3.70. The van der Waals surface area contributed by atoms with Crippen LogP contribution in [0.1, 0.15) is 12.6 Å². The number of hydrogen-bond acceptors (Lipinski definition) is 2. The molecule has 0 radical (unpaired) electrons. The summed E-state index contributed by atoms with van der Waals surface area (Å²) in [5.41, 5.74) is 2.13. The molecule has 0 unspecified atom stereocenters. The van der Waals surface area contributed by atoms with E-state index in [9.17, 15) is 0 Å². The smallest absolute Gasteiger partial charge is 0.133 e. The van der Waals surface area contributed by atoms with Crippen molar-refractivity contribution in [3.8, 4) is 5.75 Å². The van der Waals surface area contributed by atoms with Gasteiger partial charge in [-0.1, -0.05) is 40.2 Å². The van der Waals surface area contributed by atoms with E-state index < -0.39 is 0 Å². The average molecular weight is 331 g/mol. The van der Waals surface area contributed by atoms with Crippen molar-refractivity contribution >= 4 is 26.8 Å². The highest BCUT2D eigenvalue weighted by Crippen LogP contribution is 2.22. The number of halogens is 1. The van der Waals surface area contributed by atoms with E-state index in [4.69, 9.17) is 4.74 Å². The second-order valence-corrected chi connectivity index (χ2v) is 5.44. The van der Waals surface area contributed by atoms with Crippen molar-refractivity contribution < 1.29 is 4.74 Å². The summed E-state index contributed by atoms with van der Waals surface area (Å²) in [6, 6.07) is 16.1. The Bertz CT molecular complexity index is 736. The Balaban J connectivity index is 1.88. The third-order valence-electron chi connectivity index (χ3n) is 3.21. The molecule has 0 saturated carbocycles. The standard InChI is InChI=1S/C16H15BrN2O/c1-2-19-16-9-4-3-8-14(16)15(18-19)11-20-13-7-5-6-12(17)10-13/h3-10H,2,11H2,1H3. The molecule has 0 aliphatic heterocycles. The molecule has 3 rings (SSSR count). The van der Waals surface area contributed by atoms with E-state index in [0.29, 0.717) is 6.61 Å². The molecular formula is C16H15BrN2O. The van der Waals surface area contributed by atoms with Gasteiger partial charge in [-0.05, 0) is 31.2 Å². The van der Waals surface area contributed by atoms with Gasteiger partial charge in [0.1, 0.15) is 18.1 Å².